The molecular formula is C12H12ClFN2O. The summed E-state index contributed by atoms with van der Waals surface area (Å²) in [6.45, 7) is 3.57. The largest absolute Gasteiger partial charge is 0.462 e. The molecule has 0 spiro atoms. The van der Waals surface area contributed by atoms with Crippen LogP contribution in [-0.2, 0) is 0 Å². The lowest BCUT2D eigenvalue weighted by Gasteiger charge is -2.29. The van der Waals surface area contributed by atoms with E-state index in [4.69, 9.17) is 16.0 Å². The predicted octanol–water partition coefficient (Wildman–Crippen LogP) is 2.63. The van der Waals surface area contributed by atoms with Crippen LogP contribution in [0.5, 0.6) is 0 Å². The summed E-state index contributed by atoms with van der Waals surface area (Å²) in [6.07, 6.45) is 1.50. The number of nitrogens with zero attached hydrogens (tertiary/aromatic N) is 1. The van der Waals surface area contributed by atoms with E-state index >= 15 is 0 Å². The third kappa shape index (κ3) is 1.77. The second kappa shape index (κ2) is 4.20. The topological polar surface area (TPSA) is 28.4 Å². The molecule has 0 radical (unpaired) electrons. The number of piperazine rings is 1. The van der Waals surface area contributed by atoms with Gasteiger partial charge in [-0.1, -0.05) is 11.6 Å². The molecule has 1 fully saturated rings. The van der Waals surface area contributed by atoms with E-state index in [2.05, 4.69) is 10.2 Å². The molecule has 3 rings (SSSR count). The van der Waals surface area contributed by atoms with E-state index in [-0.39, 0.29) is 5.02 Å². The van der Waals surface area contributed by atoms with Gasteiger partial charge in [0.05, 0.1) is 22.4 Å². The molecule has 0 bridgehead atoms. The Balaban J connectivity index is 2.14. The fraction of sp³-hybridized carbons (Fsp3) is 0.333. The van der Waals surface area contributed by atoms with Gasteiger partial charge in [0.1, 0.15) is 0 Å². The standard InChI is InChI=1S/C12H12ClFN2O/c13-9-7-10(16-4-2-15-3-5-16)12-8(11(9)14)1-6-17-12/h1,6-7,15H,2-5H2. The molecule has 0 atom stereocenters. The summed E-state index contributed by atoms with van der Waals surface area (Å²) in [5.74, 6) is -0.408. The first-order valence-corrected chi connectivity index (χ1v) is 5.96. The van der Waals surface area contributed by atoms with Gasteiger partial charge in [0.2, 0.25) is 0 Å². The third-order valence-corrected chi connectivity index (χ3v) is 3.34. The lowest BCUT2D eigenvalue weighted by atomic mass is 10.2. The Morgan fingerprint density at radius 3 is 2.88 bits per heavy atom. The number of benzene rings is 1. The Bertz CT molecular complexity index is 549. The summed E-state index contributed by atoms with van der Waals surface area (Å²) < 4.78 is 19.1. The van der Waals surface area contributed by atoms with Crippen molar-refractivity contribution in [3.63, 3.8) is 0 Å². The molecule has 0 unspecified atom stereocenters. The summed E-state index contributed by atoms with van der Waals surface area (Å²) in [5, 5.41) is 3.87. The molecule has 1 aliphatic heterocycles. The Morgan fingerprint density at radius 1 is 1.35 bits per heavy atom. The molecule has 5 heteroatoms. The monoisotopic (exact) mass is 254 g/mol. The van der Waals surface area contributed by atoms with Gasteiger partial charge in [-0.15, -0.1) is 0 Å². The van der Waals surface area contributed by atoms with Crippen LogP contribution in [0, 0.1) is 5.82 Å². The van der Waals surface area contributed by atoms with Gasteiger partial charge in [0, 0.05) is 26.2 Å². The molecule has 0 saturated carbocycles. The van der Waals surface area contributed by atoms with Crippen LogP contribution in [0.1, 0.15) is 0 Å². The number of fused-ring (bicyclic) bond motifs is 1. The van der Waals surface area contributed by atoms with Gasteiger partial charge in [0.25, 0.3) is 0 Å². The minimum atomic E-state index is -0.408. The van der Waals surface area contributed by atoms with E-state index in [1.807, 2.05) is 0 Å². The maximum Gasteiger partial charge on any atom is 0.160 e. The summed E-state index contributed by atoms with van der Waals surface area (Å²) in [5.41, 5.74) is 1.45. The number of nitrogens with one attached hydrogen (secondary N) is 1. The van der Waals surface area contributed by atoms with Crippen LogP contribution >= 0.6 is 11.6 Å². The van der Waals surface area contributed by atoms with Gasteiger partial charge in [-0.3, -0.25) is 0 Å². The normalized spacial score (nSPS) is 16.7. The van der Waals surface area contributed by atoms with Gasteiger partial charge in [-0.25, -0.2) is 4.39 Å². The summed E-state index contributed by atoms with van der Waals surface area (Å²) in [7, 11) is 0. The number of rotatable bonds is 1. The van der Waals surface area contributed by atoms with Crippen molar-refractivity contribution in [3.05, 3.63) is 29.2 Å². The van der Waals surface area contributed by atoms with Crippen molar-refractivity contribution < 1.29 is 8.81 Å². The number of halogens is 2. The number of hydrogen-bond acceptors (Lipinski definition) is 3. The molecule has 2 heterocycles. The van der Waals surface area contributed by atoms with Crippen molar-refractivity contribution in [2.24, 2.45) is 0 Å². The first kappa shape index (κ1) is 10.9. The first-order valence-electron chi connectivity index (χ1n) is 5.58. The molecule has 1 N–H and O–H groups in total. The van der Waals surface area contributed by atoms with Gasteiger partial charge >= 0.3 is 0 Å². The Hall–Kier alpha value is -1.26. The van der Waals surface area contributed by atoms with Crippen molar-refractivity contribution >= 4 is 28.3 Å². The van der Waals surface area contributed by atoms with Crippen molar-refractivity contribution in [1.82, 2.24) is 5.32 Å². The Morgan fingerprint density at radius 2 is 2.12 bits per heavy atom. The molecule has 0 aliphatic carbocycles. The molecule has 1 aromatic heterocycles. The maximum absolute atomic E-state index is 13.8. The fourth-order valence-corrected chi connectivity index (χ4v) is 2.40. The third-order valence-electron chi connectivity index (χ3n) is 3.07. The fourth-order valence-electron chi connectivity index (χ4n) is 2.20. The summed E-state index contributed by atoms with van der Waals surface area (Å²) >= 11 is 5.91. The quantitative estimate of drug-likeness (QED) is 0.848. The van der Waals surface area contributed by atoms with E-state index in [0.717, 1.165) is 31.9 Å². The zero-order chi connectivity index (χ0) is 11.8. The maximum atomic E-state index is 13.8. The van der Waals surface area contributed by atoms with Gasteiger partial charge in [-0.2, -0.15) is 0 Å². The highest BCUT2D eigenvalue weighted by molar-refractivity contribution is 6.32. The van der Waals surface area contributed by atoms with E-state index in [1.54, 1.807) is 12.1 Å². The van der Waals surface area contributed by atoms with Crippen LogP contribution < -0.4 is 10.2 Å². The van der Waals surface area contributed by atoms with Crippen LogP contribution in [0.25, 0.3) is 11.0 Å². The lowest BCUT2D eigenvalue weighted by Crippen LogP contribution is -2.43. The Labute approximate surface area is 103 Å². The molecule has 90 valence electrons. The molecule has 1 aliphatic rings. The minimum absolute atomic E-state index is 0.146. The van der Waals surface area contributed by atoms with Crippen molar-refractivity contribution in [3.8, 4) is 0 Å². The van der Waals surface area contributed by atoms with Crippen molar-refractivity contribution in [2.75, 3.05) is 31.1 Å². The molecule has 0 amide bonds. The predicted molar refractivity (Wildman–Crippen MR) is 66.3 cm³/mol. The lowest BCUT2D eigenvalue weighted by molar-refractivity contribution is 0.577. The van der Waals surface area contributed by atoms with E-state index < -0.39 is 5.82 Å². The zero-order valence-corrected chi connectivity index (χ0v) is 9.93. The second-order valence-corrected chi connectivity index (χ2v) is 4.50. The SMILES string of the molecule is Fc1c(Cl)cc(N2CCNCC2)c2occc12. The van der Waals surface area contributed by atoms with Crippen molar-refractivity contribution in [2.45, 2.75) is 0 Å². The van der Waals surface area contributed by atoms with Gasteiger partial charge < -0.3 is 14.6 Å². The molecule has 3 nitrogen and oxygen atoms in total. The first-order chi connectivity index (χ1) is 8.27. The van der Waals surface area contributed by atoms with E-state index in [1.165, 1.54) is 6.26 Å². The zero-order valence-electron chi connectivity index (χ0n) is 9.17. The average Bonchev–Trinajstić information content (AvgIpc) is 2.84. The molecule has 1 saturated heterocycles. The number of furan rings is 1. The average molecular weight is 255 g/mol. The number of hydrogen-bond donors (Lipinski definition) is 1. The second-order valence-electron chi connectivity index (χ2n) is 4.09. The van der Waals surface area contributed by atoms with Gasteiger partial charge in [0.15, 0.2) is 11.4 Å². The Kier molecular flexibility index (Phi) is 2.68. The van der Waals surface area contributed by atoms with Crippen LogP contribution in [0.2, 0.25) is 5.02 Å². The summed E-state index contributed by atoms with van der Waals surface area (Å²) in [4.78, 5) is 2.16. The van der Waals surface area contributed by atoms with Crippen LogP contribution in [0.4, 0.5) is 10.1 Å². The molecular weight excluding hydrogens is 243 g/mol. The summed E-state index contributed by atoms with van der Waals surface area (Å²) in [6, 6.07) is 3.26. The molecule has 1 aromatic carbocycles. The van der Waals surface area contributed by atoms with Crippen molar-refractivity contribution in [1.29, 1.82) is 0 Å². The van der Waals surface area contributed by atoms with Crippen LogP contribution in [0.15, 0.2) is 22.8 Å². The molecule has 2 aromatic rings. The van der Waals surface area contributed by atoms with E-state index in [9.17, 15) is 4.39 Å². The van der Waals surface area contributed by atoms with Crippen LogP contribution in [0.3, 0.4) is 0 Å². The highest BCUT2D eigenvalue weighted by atomic mass is 35.5. The van der Waals surface area contributed by atoms with E-state index in [0.29, 0.717) is 11.0 Å². The smallest absolute Gasteiger partial charge is 0.160 e. The van der Waals surface area contributed by atoms with Crippen LogP contribution in [-0.4, -0.2) is 26.2 Å². The number of anilines is 1. The van der Waals surface area contributed by atoms with Gasteiger partial charge in [-0.05, 0) is 12.1 Å². The highest BCUT2D eigenvalue weighted by Crippen LogP contribution is 2.34. The highest BCUT2D eigenvalue weighted by Gasteiger charge is 2.19. The minimum Gasteiger partial charge on any atom is -0.462 e. The molecule has 17 heavy (non-hydrogen) atoms.